The molecule has 18 heavy (non-hydrogen) atoms. The molecule has 0 aliphatic rings. The summed E-state index contributed by atoms with van der Waals surface area (Å²) in [7, 11) is 4.07. The van der Waals surface area contributed by atoms with Gasteiger partial charge >= 0.3 is 12.4 Å². The van der Waals surface area contributed by atoms with E-state index in [0.29, 0.717) is 5.75 Å². The van der Waals surface area contributed by atoms with E-state index in [1.807, 2.05) is 0 Å². The molecule has 1 aromatic carbocycles. The summed E-state index contributed by atoms with van der Waals surface area (Å²) in [5, 5.41) is 10.9. The zero-order valence-corrected chi connectivity index (χ0v) is 11.7. The summed E-state index contributed by atoms with van der Waals surface area (Å²) in [6, 6.07) is 4.07. The van der Waals surface area contributed by atoms with Crippen LogP contribution in [0.3, 0.4) is 0 Å². The van der Waals surface area contributed by atoms with Crippen LogP contribution in [-0.4, -0.2) is 26.3 Å². The van der Waals surface area contributed by atoms with Gasteiger partial charge in [0.25, 0.3) is 0 Å². The molecule has 1 aromatic rings. The standard InChI is InChI=1S/C9H12NO6PS/c1-13-7-4-5-8(10(11)12)9(6-7)16-17(18,14-2)15-3/h4-6H,1-3H3. The van der Waals surface area contributed by atoms with Crippen molar-refractivity contribution in [3.63, 3.8) is 0 Å². The van der Waals surface area contributed by atoms with Crippen molar-refractivity contribution >= 4 is 24.2 Å². The second kappa shape index (κ2) is 6.10. The largest absolute Gasteiger partial charge is 0.497 e. The van der Waals surface area contributed by atoms with Gasteiger partial charge in [-0.2, -0.15) is 0 Å². The molecule has 100 valence electrons. The SMILES string of the molecule is COc1ccc([N+](=O)[O-])c(OP(=S)(OC)OC)c1. The average Bonchev–Trinajstić information content (AvgIpc) is 2.38. The lowest BCUT2D eigenvalue weighted by atomic mass is 10.3. The van der Waals surface area contributed by atoms with Crippen LogP contribution in [0.1, 0.15) is 0 Å². The van der Waals surface area contributed by atoms with E-state index < -0.39 is 11.6 Å². The minimum absolute atomic E-state index is 0.0496. The first-order valence-electron chi connectivity index (χ1n) is 4.69. The Balaban J connectivity index is 3.19. The quantitative estimate of drug-likeness (QED) is 0.453. The summed E-state index contributed by atoms with van der Waals surface area (Å²) in [6.45, 7) is -3.03. The van der Waals surface area contributed by atoms with E-state index in [2.05, 4.69) is 0 Å². The molecular formula is C9H12NO6PS. The summed E-state index contributed by atoms with van der Waals surface area (Å²) in [5.74, 6) is 0.357. The van der Waals surface area contributed by atoms with Crippen LogP contribution in [0.15, 0.2) is 18.2 Å². The van der Waals surface area contributed by atoms with Crippen molar-refractivity contribution in [1.29, 1.82) is 0 Å². The maximum atomic E-state index is 10.9. The number of benzene rings is 1. The molecule has 0 amide bonds. The summed E-state index contributed by atoms with van der Waals surface area (Å²) in [5.41, 5.74) is -0.237. The van der Waals surface area contributed by atoms with Crippen molar-refractivity contribution in [2.75, 3.05) is 21.3 Å². The van der Waals surface area contributed by atoms with Gasteiger partial charge in [0.05, 0.1) is 12.0 Å². The van der Waals surface area contributed by atoms with Crippen LogP contribution in [0.2, 0.25) is 0 Å². The number of ether oxygens (including phenoxy) is 1. The smallest absolute Gasteiger partial charge is 0.380 e. The Morgan fingerprint density at radius 2 is 1.89 bits per heavy atom. The third-order valence-corrected chi connectivity index (χ3v) is 4.45. The molecule has 0 radical (unpaired) electrons. The molecule has 0 aliphatic heterocycles. The Morgan fingerprint density at radius 3 is 2.33 bits per heavy atom. The summed E-state index contributed by atoms with van der Waals surface area (Å²) in [6.07, 6.45) is 0. The molecule has 0 unspecified atom stereocenters. The van der Waals surface area contributed by atoms with Gasteiger partial charge < -0.3 is 18.3 Å². The molecule has 0 heterocycles. The van der Waals surface area contributed by atoms with E-state index in [1.54, 1.807) is 0 Å². The zero-order valence-electron chi connectivity index (χ0n) is 9.98. The molecule has 9 heteroatoms. The predicted molar refractivity (Wildman–Crippen MR) is 68.6 cm³/mol. The minimum Gasteiger partial charge on any atom is -0.497 e. The lowest BCUT2D eigenvalue weighted by Gasteiger charge is -2.18. The van der Waals surface area contributed by atoms with Crippen molar-refractivity contribution < 1.29 is 23.2 Å². The van der Waals surface area contributed by atoms with Gasteiger partial charge in [-0.1, -0.05) is 0 Å². The third kappa shape index (κ3) is 3.39. The van der Waals surface area contributed by atoms with Crippen molar-refractivity contribution in [3.8, 4) is 11.5 Å². The molecule has 0 fully saturated rings. The number of rotatable bonds is 6. The molecule has 0 atom stereocenters. The Bertz CT molecular complexity index is 486. The van der Waals surface area contributed by atoms with Crippen LogP contribution in [0.5, 0.6) is 11.5 Å². The first-order chi connectivity index (χ1) is 8.45. The van der Waals surface area contributed by atoms with Gasteiger partial charge in [-0.3, -0.25) is 10.1 Å². The fourth-order valence-corrected chi connectivity index (χ4v) is 2.04. The number of hydrogen-bond donors (Lipinski definition) is 0. The molecule has 7 nitrogen and oxygen atoms in total. The summed E-state index contributed by atoms with van der Waals surface area (Å²) in [4.78, 5) is 10.3. The van der Waals surface area contributed by atoms with Crippen LogP contribution in [0.4, 0.5) is 5.69 Å². The van der Waals surface area contributed by atoms with Crippen LogP contribution < -0.4 is 9.26 Å². The highest BCUT2D eigenvalue weighted by Gasteiger charge is 2.25. The second-order valence-corrected chi connectivity index (χ2v) is 6.14. The van der Waals surface area contributed by atoms with Crippen molar-refractivity contribution in [2.45, 2.75) is 0 Å². The Labute approximate surface area is 109 Å². The van der Waals surface area contributed by atoms with Gasteiger partial charge in [-0.15, -0.1) is 0 Å². The van der Waals surface area contributed by atoms with Gasteiger partial charge in [0, 0.05) is 38.2 Å². The molecular weight excluding hydrogens is 281 g/mol. The predicted octanol–water partition coefficient (Wildman–Crippen LogP) is 2.50. The van der Waals surface area contributed by atoms with E-state index in [9.17, 15) is 10.1 Å². The van der Waals surface area contributed by atoms with Gasteiger partial charge in [-0.05, 0) is 6.07 Å². The molecule has 0 N–H and O–H groups in total. The third-order valence-electron chi connectivity index (χ3n) is 2.02. The monoisotopic (exact) mass is 293 g/mol. The van der Waals surface area contributed by atoms with Gasteiger partial charge in [0.1, 0.15) is 5.75 Å². The molecule has 1 rings (SSSR count). The second-order valence-electron chi connectivity index (χ2n) is 2.99. The molecule has 0 spiro atoms. The van der Waals surface area contributed by atoms with E-state index in [4.69, 9.17) is 30.1 Å². The zero-order chi connectivity index (χ0) is 13.8. The molecule has 0 bridgehead atoms. The van der Waals surface area contributed by atoms with Gasteiger partial charge in [-0.25, -0.2) is 0 Å². The van der Waals surface area contributed by atoms with Crippen molar-refractivity contribution in [2.24, 2.45) is 0 Å². The maximum Gasteiger partial charge on any atom is 0.380 e. The van der Waals surface area contributed by atoms with Crippen LogP contribution in [-0.2, 0) is 20.9 Å². The molecule has 0 saturated heterocycles. The summed E-state index contributed by atoms with van der Waals surface area (Å²) < 4.78 is 20.1. The fraction of sp³-hybridized carbons (Fsp3) is 0.333. The Morgan fingerprint density at radius 1 is 1.28 bits per heavy atom. The number of nitro groups is 1. The van der Waals surface area contributed by atoms with Gasteiger partial charge in [0.15, 0.2) is 0 Å². The highest BCUT2D eigenvalue weighted by atomic mass is 32.5. The first-order valence-corrected chi connectivity index (χ1v) is 7.25. The summed E-state index contributed by atoms with van der Waals surface area (Å²) >= 11 is 4.99. The number of hydrogen-bond acceptors (Lipinski definition) is 7. The van der Waals surface area contributed by atoms with Crippen LogP contribution >= 0.6 is 6.72 Å². The van der Waals surface area contributed by atoms with E-state index in [1.165, 1.54) is 39.5 Å². The van der Waals surface area contributed by atoms with Crippen molar-refractivity contribution in [1.82, 2.24) is 0 Å². The van der Waals surface area contributed by atoms with Crippen LogP contribution in [0, 0.1) is 10.1 Å². The van der Waals surface area contributed by atoms with Crippen molar-refractivity contribution in [3.05, 3.63) is 28.3 Å². The lowest BCUT2D eigenvalue weighted by molar-refractivity contribution is -0.385. The first kappa shape index (κ1) is 14.8. The highest BCUT2D eigenvalue weighted by Crippen LogP contribution is 2.50. The lowest BCUT2D eigenvalue weighted by Crippen LogP contribution is -2.00. The molecule has 0 aliphatic carbocycles. The fourth-order valence-electron chi connectivity index (χ4n) is 1.11. The normalized spacial score (nSPS) is 11.1. The average molecular weight is 293 g/mol. The highest BCUT2D eigenvalue weighted by molar-refractivity contribution is 8.07. The van der Waals surface area contributed by atoms with E-state index >= 15 is 0 Å². The van der Waals surface area contributed by atoms with Crippen LogP contribution in [0.25, 0.3) is 0 Å². The van der Waals surface area contributed by atoms with E-state index in [-0.39, 0.29) is 11.4 Å². The molecule has 0 saturated carbocycles. The maximum absolute atomic E-state index is 10.9. The number of nitrogens with zero attached hydrogens (tertiary/aromatic N) is 1. The Kier molecular flexibility index (Phi) is 5.03. The number of nitro benzene ring substituents is 1. The topological polar surface area (TPSA) is 80.1 Å². The van der Waals surface area contributed by atoms with E-state index in [0.717, 1.165) is 0 Å². The number of methoxy groups -OCH3 is 1. The molecule has 0 aromatic heterocycles. The Hall–Kier alpha value is -1.21. The minimum atomic E-state index is -3.03. The van der Waals surface area contributed by atoms with Gasteiger partial charge in [0.2, 0.25) is 5.75 Å².